The van der Waals surface area contributed by atoms with Gasteiger partial charge < -0.3 is 0 Å². The van der Waals surface area contributed by atoms with Gasteiger partial charge in [0.05, 0.1) is 11.9 Å². The summed E-state index contributed by atoms with van der Waals surface area (Å²) in [6, 6.07) is 10.2. The van der Waals surface area contributed by atoms with Crippen molar-refractivity contribution in [3.8, 4) is 11.3 Å². The Morgan fingerprint density at radius 2 is 2.00 bits per heavy atom. The van der Waals surface area contributed by atoms with Crippen molar-refractivity contribution in [1.29, 1.82) is 0 Å². The second-order valence-corrected chi connectivity index (χ2v) is 5.68. The van der Waals surface area contributed by atoms with E-state index in [-0.39, 0.29) is 5.69 Å². The first-order chi connectivity index (χ1) is 11.6. The fraction of sp³-hybridized carbons (Fsp3) is 0. The summed E-state index contributed by atoms with van der Waals surface area (Å²) in [6.45, 7) is 0. The van der Waals surface area contributed by atoms with Gasteiger partial charge >= 0.3 is 0 Å². The lowest BCUT2D eigenvalue weighted by Gasteiger charge is -1.98. The molecule has 1 aromatic carbocycles. The standard InChI is InChI=1S/C16H11Cl2N5O/c17-12-4-11(5-13(18)6-12)14-7-15(22-21-14)16(24)23-20-9-10-2-1-3-19-8-10/h1-9H,(H,21,22)(H,23,24)/b20-9-. The molecule has 0 aliphatic carbocycles. The van der Waals surface area contributed by atoms with Gasteiger partial charge in [0.2, 0.25) is 0 Å². The van der Waals surface area contributed by atoms with Crippen LogP contribution in [0.15, 0.2) is 53.9 Å². The monoisotopic (exact) mass is 359 g/mol. The fourth-order valence-corrected chi connectivity index (χ4v) is 2.49. The molecular formula is C16H11Cl2N5O. The van der Waals surface area contributed by atoms with E-state index in [2.05, 4.69) is 25.7 Å². The number of H-pyrrole nitrogens is 1. The second-order valence-electron chi connectivity index (χ2n) is 4.81. The molecule has 24 heavy (non-hydrogen) atoms. The minimum absolute atomic E-state index is 0.268. The number of benzene rings is 1. The number of hydrogen-bond acceptors (Lipinski definition) is 4. The highest BCUT2D eigenvalue weighted by Gasteiger charge is 2.11. The van der Waals surface area contributed by atoms with Crippen molar-refractivity contribution in [1.82, 2.24) is 20.6 Å². The van der Waals surface area contributed by atoms with Crippen molar-refractivity contribution < 1.29 is 4.79 Å². The van der Waals surface area contributed by atoms with E-state index in [1.807, 2.05) is 6.07 Å². The van der Waals surface area contributed by atoms with E-state index >= 15 is 0 Å². The van der Waals surface area contributed by atoms with Gasteiger partial charge in [-0.3, -0.25) is 14.9 Å². The maximum atomic E-state index is 12.0. The summed E-state index contributed by atoms with van der Waals surface area (Å²) in [5.74, 6) is -0.415. The zero-order valence-corrected chi connectivity index (χ0v) is 13.7. The first kappa shape index (κ1) is 16.2. The number of carbonyl (C=O) groups excluding carboxylic acids is 1. The third-order valence-corrected chi connectivity index (χ3v) is 3.48. The van der Waals surface area contributed by atoms with Crippen molar-refractivity contribution in [2.24, 2.45) is 5.10 Å². The Kier molecular flexibility index (Phi) is 4.88. The quantitative estimate of drug-likeness (QED) is 0.551. The van der Waals surface area contributed by atoms with Gasteiger partial charge in [0.25, 0.3) is 5.91 Å². The number of amides is 1. The summed E-state index contributed by atoms with van der Waals surface area (Å²) in [7, 11) is 0. The summed E-state index contributed by atoms with van der Waals surface area (Å²) in [6.07, 6.45) is 4.79. The fourth-order valence-electron chi connectivity index (χ4n) is 1.97. The van der Waals surface area contributed by atoms with Crippen molar-refractivity contribution in [2.75, 3.05) is 0 Å². The maximum Gasteiger partial charge on any atom is 0.289 e. The molecule has 2 N–H and O–H groups in total. The van der Waals surface area contributed by atoms with Crippen LogP contribution in [0.25, 0.3) is 11.3 Å². The van der Waals surface area contributed by atoms with Crippen LogP contribution in [0.1, 0.15) is 16.1 Å². The summed E-state index contributed by atoms with van der Waals surface area (Å²) in [5.41, 5.74) is 4.72. The number of aromatic amines is 1. The van der Waals surface area contributed by atoms with Crippen LogP contribution in [0.2, 0.25) is 10.0 Å². The highest BCUT2D eigenvalue weighted by atomic mass is 35.5. The molecule has 0 fully saturated rings. The Balaban J connectivity index is 1.71. The third-order valence-electron chi connectivity index (χ3n) is 3.04. The van der Waals surface area contributed by atoms with E-state index in [0.29, 0.717) is 21.3 Å². The molecule has 0 radical (unpaired) electrons. The zero-order chi connectivity index (χ0) is 16.9. The molecule has 0 saturated heterocycles. The van der Waals surface area contributed by atoms with Gasteiger partial charge in [0, 0.05) is 33.6 Å². The number of pyridine rings is 1. The van der Waals surface area contributed by atoms with Crippen LogP contribution in [0.3, 0.4) is 0 Å². The number of hydrogen-bond donors (Lipinski definition) is 2. The Bertz CT molecular complexity index is 872. The van der Waals surface area contributed by atoms with Crippen LogP contribution < -0.4 is 5.43 Å². The molecule has 0 aliphatic heterocycles. The smallest absolute Gasteiger partial charge is 0.272 e. The molecule has 0 unspecified atom stereocenters. The molecule has 0 spiro atoms. The first-order valence-electron chi connectivity index (χ1n) is 6.87. The van der Waals surface area contributed by atoms with Crippen molar-refractivity contribution in [2.45, 2.75) is 0 Å². The molecule has 2 aromatic heterocycles. The predicted molar refractivity (Wildman–Crippen MR) is 93.3 cm³/mol. The van der Waals surface area contributed by atoms with Gasteiger partial charge in [0.15, 0.2) is 0 Å². The molecule has 3 aromatic rings. The van der Waals surface area contributed by atoms with Gasteiger partial charge in [-0.15, -0.1) is 0 Å². The Morgan fingerprint density at radius 1 is 1.21 bits per heavy atom. The van der Waals surface area contributed by atoms with E-state index in [0.717, 1.165) is 5.56 Å². The van der Waals surface area contributed by atoms with Crippen LogP contribution in [0, 0.1) is 0 Å². The first-order valence-corrected chi connectivity index (χ1v) is 7.63. The molecule has 0 saturated carbocycles. The number of aromatic nitrogens is 3. The predicted octanol–water partition coefficient (Wildman–Crippen LogP) is 3.54. The van der Waals surface area contributed by atoms with Crippen LogP contribution in [-0.2, 0) is 0 Å². The number of hydrazone groups is 1. The molecule has 120 valence electrons. The minimum Gasteiger partial charge on any atom is -0.272 e. The number of nitrogens with zero attached hydrogens (tertiary/aromatic N) is 3. The van der Waals surface area contributed by atoms with Gasteiger partial charge in [-0.2, -0.15) is 10.2 Å². The lowest BCUT2D eigenvalue weighted by atomic mass is 10.1. The van der Waals surface area contributed by atoms with E-state index < -0.39 is 5.91 Å². The summed E-state index contributed by atoms with van der Waals surface area (Å²) < 4.78 is 0. The molecule has 0 bridgehead atoms. The highest BCUT2D eigenvalue weighted by Crippen LogP contribution is 2.26. The van der Waals surface area contributed by atoms with E-state index in [9.17, 15) is 4.79 Å². The zero-order valence-electron chi connectivity index (χ0n) is 12.2. The largest absolute Gasteiger partial charge is 0.289 e. The van der Waals surface area contributed by atoms with Crippen LogP contribution >= 0.6 is 23.2 Å². The molecule has 2 heterocycles. The van der Waals surface area contributed by atoms with Gasteiger partial charge in [0.1, 0.15) is 5.69 Å². The molecule has 6 nitrogen and oxygen atoms in total. The van der Waals surface area contributed by atoms with Gasteiger partial charge in [-0.1, -0.05) is 29.3 Å². The second kappa shape index (κ2) is 7.25. The average Bonchev–Trinajstić information content (AvgIpc) is 3.05. The topological polar surface area (TPSA) is 83.0 Å². The van der Waals surface area contributed by atoms with E-state index in [4.69, 9.17) is 23.2 Å². The molecule has 3 rings (SSSR count). The molecule has 1 amide bonds. The van der Waals surface area contributed by atoms with Crippen LogP contribution in [0.5, 0.6) is 0 Å². The SMILES string of the molecule is O=C(N/N=C\c1cccnc1)c1cc(-c2cc(Cl)cc(Cl)c2)n[nH]1. The lowest BCUT2D eigenvalue weighted by molar-refractivity contribution is 0.0950. The minimum atomic E-state index is -0.415. The Labute approximate surface area is 147 Å². The number of carbonyl (C=O) groups is 1. The Hall–Kier alpha value is -2.70. The summed E-state index contributed by atoms with van der Waals surface area (Å²) >= 11 is 11.9. The van der Waals surface area contributed by atoms with Crippen LogP contribution in [0.4, 0.5) is 0 Å². The van der Waals surface area contributed by atoms with E-state index in [1.165, 1.54) is 6.21 Å². The summed E-state index contributed by atoms with van der Waals surface area (Å²) in [4.78, 5) is 16.0. The Morgan fingerprint density at radius 3 is 2.71 bits per heavy atom. The maximum absolute atomic E-state index is 12.0. The number of rotatable bonds is 4. The number of halogens is 2. The van der Waals surface area contributed by atoms with Crippen molar-refractivity contribution in [3.05, 3.63) is 70.1 Å². The van der Waals surface area contributed by atoms with Gasteiger partial charge in [-0.25, -0.2) is 5.43 Å². The van der Waals surface area contributed by atoms with Crippen molar-refractivity contribution >= 4 is 35.3 Å². The third kappa shape index (κ3) is 3.98. The highest BCUT2D eigenvalue weighted by molar-refractivity contribution is 6.35. The lowest BCUT2D eigenvalue weighted by Crippen LogP contribution is -2.18. The molecule has 8 heteroatoms. The molecule has 0 aliphatic rings. The van der Waals surface area contributed by atoms with Crippen LogP contribution in [-0.4, -0.2) is 27.3 Å². The van der Waals surface area contributed by atoms with E-state index in [1.54, 1.807) is 42.7 Å². The molecule has 0 atom stereocenters. The molecular weight excluding hydrogens is 349 g/mol. The number of nitrogens with one attached hydrogen (secondary N) is 2. The van der Waals surface area contributed by atoms with Crippen molar-refractivity contribution in [3.63, 3.8) is 0 Å². The summed E-state index contributed by atoms with van der Waals surface area (Å²) in [5, 5.41) is 11.6. The normalized spacial score (nSPS) is 10.9. The van der Waals surface area contributed by atoms with Gasteiger partial charge in [-0.05, 0) is 30.3 Å². The average molecular weight is 360 g/mol.